The molecule has 6 rings (SSSR count). The minimum absolute atomic E-state index is 0.146. The number of thiazole rings is 1. The average molecular weight is 562 g/mol. The van der Waals surface area contributed by atoms with Gasteiger partial charge in [0.05, 0.1) is 35.0 Å². The van der Waals surface area contributed by atoms with Crippen molar-refractivity contribution in [2.24, 2.45) is 4.99 Å². The van der Waals surface area contributed by atoms with Gasteiger partial charge in [-0.2, -0.15) is 0 Å². The average Bonchev–Trinajstić information content (AvgIpc) is 3.50. The molecule has 1 aliphatic heterocycles. The van der Waals surface area contributed by atoms with Crippen LogP contribution in [-0.2, 0) is 16.1 Å². The van der Waals surface area contributed by atoms with Gasteiger partial charge >= 0.3 is 5.97 Å². The Balaban J connectivity index is 1.65. The summed E-state index contributed by atoms with van der Waals surface area (Å²) >= 11 is 1.23. The summed E-state index contributed by atoms with van der Waals surface area (Å²) in [6, 6.07) is 22.1. The third kappa shape index (κ3) is 4.71. The quantitative estimate of drug-likeness (QED) is 0.224. The number of halogens is 1. The fraction of sp³-hybridized carbons (Fsp3) is 0.121. The van der Waals surface area contributed by atoms with Crippen molar-refractivity contribution in [3.63, 3.8) is 0 Å². The fourth-order valence-corrected chi connectivity index (χ4v) is 6.15. The Bertz CT molecular complexity index is 2050. The molecule has 3 heterocycles. The highest BCUT2D eigenvalue weighted by Gasteiger charge is 2.35. The molecule has 0 saturated heterocycles. The van der Waals surface area contributed by atoms with Gasteiger partial charge in [0, 0.05) is 28.2 Å². The number of aromatic nitrogens is 2. The lowest BCUT2D eigenvalue weighted by Gasteiger charge is -2.25. The Hall–Kier alpha value is -5.00. The lowest BCUT2D eigenvalue weighted by molar-refractivity contribution is -0.138. The normalized spacial score (nSPS) is 15.0. The van der Waals surface area contributed by atoms with Crippen molar-refractivity contribution in [3.8, 4) is 12.3 Å². The van der Waals surface area contributed by atoms with E-state index in [2.05, 4.69) is 5.92 Å². The number of rotatable bonds is 6. The molecule has 202 valence electrons. The first-order valence-electron chi connectivity index (χ1n) is 13.1. The maximum atomic E-state index is 14.1. The smallest absolute Gasteiger partial charge is 0.338 e. The molecule has 2 aromatic heterocycles. The van der Waals surface area contributed by atoms with E-state index in [0.29, 0.717) is 32.7 Å². The van der Waals surface area contributed by atoms with Crippen molar-refractivity contribution < 1.29 is 13.9 Å². The van der Waals surface area contributed by atoms with Gasteiger partial charge in [0.25, 0.3) is 5.56 Å². The van der Waals surface area contributed by atoms with Crippen LogP contribution >= 0.6 is 11.3 Å². The molecule has 1 aliphatic rings. The zero-order valence-electron chi connectivity index (χ0n) is 22.1. The second-order valence-corrected chi connectivity index (χ2v) is 10.4. The summed E-state index contributed by atoms with van der Waals surface area (Å²) in [5, 5.41) is 0.959. The predicted octanol–water partition coefficient (Wildman–Crippen LogP) is 4.66. The monoisotopic (exact) mass is 561 g/mol. The number of benzene rings is 3. The van der Waals surface area contributed by atoms with Gasteiger partial charge in [0.15, 0.2) is 4.80 Å². The number of ether oxygens (including phenoxy) is 1. The molecule has 0 radical (unpaired) electrons. The zero-order chi connectivity index (χ0) is 28.5. The number of esters is 1. The highest BCUT2D eigenvalue weighted by Crippen LogP contribution is 2.35. The van der Waals surface area contributed by atoms with Gasteiger partial charge in [-0.3, -0.25) is 9.36 Å². The predicted molar refractivity (Wildman–Crippen MR) is 158 cm³/mol. The number of para-hydroxylation sites is 1. The molecule has 0 N–H and O–H groups in total. The number of terminal acetylenes is 1. The zero-order valence-corrected chi connectivity index (χ0v) is 22.9. The van der Waals surface area contributed by atoms with Crippen molar-refractivity contribution in [1.29, 1.82) is 0 Å². The van der Waals surface area contributed by atoms with Gasteiger partial charge in [0.1, 0.15) is 5.82 Å². The van der Waals surface area contributed by atoms with Crippen LogP contribution in [0.5, 0.6) is 0 Å². The third-order valence-corrected chi connectivity index (χ3v) is 7.91. The van der Waals surface area contributed by atoms with Crippen LogP contribution in [0.15, 0.2) is 100 Å². The standard InChI is InChI=1S/C33H24FN3O3S/c1-3-18-36-20-23(25-12-8-9-13-26(25)36)19-27-31(38)37-30(22-14-16-24(34)17-15-22)28(32(39)40-4-2)29(35-33(37)41-27)21-10-6-5-7-11-21/h1,5-17,19-20,30H,4,18H2,2H3/b27-19-/t30-/m0/s1. The van der Waals surface area contributed by atoms with Crippen molar-refractivity contribution in [2.75, 3.05) is 6.61 Å². The van der Waals surface area contributed by atoms with Crippen LogP contribution in [0.25, 0.3) is 22.7 Å². The van der Waals surface area contributed by atoms with E-state index in [4.69, 9.17) is 16.2 Å². The first-order valence-corrected chi connectivity index (χ1v) is 13.9. The molecule has 0 unspecified atom stereocenters. The molecular formula is C33H24FN3O3S. The molecule has 0 fully saturated rings. The Morgan fingerprint density at radius 2 is 1.83 bits per heavy atom. The lowest BCUT2D eigenvalue weighted by atomic mass is 9.93. The molecule has 0 amide bonds. The molecule has 0 bridgehead atoms. The van der Waals surface area contributed by atoms with Crippen LogP contribution in [0.3, 0.4) is 0 Å². The molecule has 0 spiro atoms. The first kappa shape index (κ1) is 26.2. The summed E-state index contributed by atoms with van der Waals surface area (Å²) in [7, 11) is 0. The van der Waals surface area contributed by atoms with Crippen LogP contribution < -0.4 is 14.9 Å². The second-order valence-electron chi connectivity index (χ2n) is 9.42. The summed E-state index contributed by atoms with van der Waals surface area (Å²) in [5.41, 5.74) is 3.39. The van der Waals surface area contributed by atoms with Gasteiger partial charge in [-0.05, 0) is 36.8 Å². The first-order chi connectivity index (χ1) is 20.0. The highest BCUT2D eigenvalue weighted by atomic mass is 32.1. The molecule has 0 aliphatic carbocycles. The maximum Gasteiger partial charge on any atom is 0.338 e. The number of carbonyl (C=O) groups is 1. The Labute approximate surface area is 239 Å². The van der Waals surface area contributed by atoms with E-state index in [1.165, 1.54) is 28.0 Å². The van der Waals surface area contributed by atoms with Crippen molar-refractivity contribution >= 4 is 40.0 Å². The summed E-state index contributed by atoms with van der Waals surface area (Å²) in [6.45, 7) is 2.26. The number of carbonyl (C=O) groups excluding carboxylic acids is 1. The lowest BCUT2D eigenvalue weighted by Crippen LogP contribution is -2.40. The van der Waals surface area contributed by atoms with Crippen LogP contribution in [-0.4, -0.2) is 21.7 Å². The van der Waals surface area contributed by atoms with Crippen LogP contribution in [0, 0.1) is 18.2 Å². The van der Waals surface area contributed by atoms with E-state index in [1.54, 1.807) is 19.1 Å². The largest absolute Gasteiger partial charge is 0.463 e. The van der Waals surface area contributed by atoms with Gasteiger partial charge in [-0.25, -0.2) is 14.2 Å². The van der Waals surface area contributed by atoms with Gasteiger partial charge in [0.2, 0.25) is 0 Å². The fourth-order valence-electron chi connectivity index (χ4n) is 5.16. The second kappa shape index (κ2) is 10.9. The molecule has 3 aromatic carbocycles. The van der Waals surface area contributed by atoms with Crippen LogP contribution in [0.4, 0.5) is 4.39 Å². The number of fused-ring (bicyclic) bond motifs is 2. The maximum absolute atomic E-state index is 14.1. The van der Waals surface area contributed by atoms with Crippen LogP contribution in [0.1, 0.15) is 29.7 Å². The van der Waals surface area contributed by atoms with E-state index in [1.807, 2.05) is 71.4 Å². The number of hydrogen-bond donors (Lipinski definition) is 0. The topological polar surface area (TPSA) is 65.6 Å². The van der Waals surface area contributed by atoms with Crippen molar-refractivity contribution in [2.45, 2.75) is 19.5 Å². The van der Waals surface area contributed by atoms with E-state index < -0.39 is 17.8 Å². The summed E-state index contributed by atoms with van der Waals surface area (Å²) in [4.78, 5) is 32.9. The summed E-state index contributed by atoms with van der Waals surface area (Å²) in [6.07, 6.45) is 9.35. The Morgan fingerprint density at radius 3 is 2.56 bits per heavy atom. The molecule has 5 aromatic rings. The number of nitrogens with zero attached hydrogens (tertiary/aromatic N) is 3. The third-order valence-electron chi connectivity index (χ3n) is 6.93. The minimum Gasteiger partial charge on any atom is -0.463 e. The van der Waals surface area contributed by atoms with Gasteiger partial charge in [-0.1, -0.05) is 77.9 Å². The molecule has 1 atom stereocenters. The molecular weight excluding hydrogens is 537 g/mol. The Kier molecular flexibility index (Phi) is 6.96. The number of hydrogen-bond acceptors (Lipinski definition) is 5. The summed E-state index contributed by atoms with van der Waals surface area (Å²) < 4.78 is 23.3. The molecule has 0 saturated carbocycles. The minimum atomic E-state index is -0.869. The van der Waals surface area contributed by atoms with E-state index in [-0.39, 0.29) is 17.7 Å². The van der Waals surface area contributed by atoms with E-state index in [9.17, 15) is 14.0 Å². The van der Waals surface area contributed by atoms with E-state index >= 15 is 0 Å². The Morgan fingerprint density at radius 1 is 1.10 bits per heavy atom. The molecule has 8 heteroatoms. The molecule has 6 nitrogen and oxygen atoms in total. The molecule has 41 heavy (non-hydrogen) atoms. The van der Waals surface area contributed by atoms with Crippen molar-refractivity contribution in [1.82, 2.24) is 9.13 Å². The van der Waals surface area contributed by atoms with Crippen molar-refractivity contribution in [3.05, 3.63) is 133 Å². The summed E-state index contributed by atoms with van der Waals surface area (Å²) in [5.74, 6) is 1.66. The van der Waals surface area contributed by atoms with Gasteiger partial charge in [-0.15, -0.1) is 6.42 Å². The van der Waals surface area contributed by atoms with Crippen LogP contribution in [0.2, 0.25) is 0 Å². The highest BCUT2D eigenvalue weighted by molar-refractivity contribution is 7.07. The van der Waals surface area contributed by atoms with Gasteiger partial charge < -0.3 is 9.30 Å². The van der Waals surface area contributed by atoms with E-state index in [0.717, 1.165) is 16.5 Å². The SMILES string of the molecule is C#CCn1cc(/C=c2\sc3n(c2=O)[C@@H](c2ccc(F)cc2)C(C(=O)OCC)=C(c2ccccc2)N=3)c2ccccc21.